The number of nitrogens with zero attached hydrogens (tertiary/aromatic N) is 2. The Bertz CT molecular complexity index is 860. The summed E-state index contributed by atoms with van der Waals surface area (Å²) in [7, 11) is 0. The number of carbonyl (C=O) groups excluding carboxylic acids is 1. The molecule has 6 heteroatoms. The number of carbonyl (C=O) groups is 1. The summed E-state index contributed by atoms with van der Waals surface area (Å²) in [5.74, 6) is 0.733. The second-order valence-corrected chi connectivity index (χ2v) is 7.73. The van der Waals surface area contributed by atoms with E-state index in [1.807, 2.05) is 24.3 Å². The number of benzene rings is 1. The molecule has 0 radical (unpaired) electrons. The van der Waals surface area contributed by atoms with E-state index in [2.05, 4.69) is 35.2 Å². The highest BCUT2D eigenvalue weighted by Crippen LogP contribution is 2.30. The standard InChI is InChI=1S/C18H19N3OS2/c1-3-13-6-4-5-7-15(13)21-16(22)8-9-23-17-14-10-12(2)24-18(14)20-11-19-17/h4-7,10-11H,3,8-9H2,1-2H3,(H,21,22). The lowest BCUT2D eigenvalue weighted by atomic mass is 10.1. The maximum Gasteiger partial charge on any atom is 0.225 e. The Kier molecular flexibility index (Phi) is 5.48. The SMILES string of the molecule is CCc1ccccc1NC(=O)CCSc1ncnc2sc(C)cc12. The predicted molar refractivity (Wildman–Crippen MR) is 102 cm³/mol. The van der Waals surface area contributed by atoms with Crippen LogP contribution in [-0.2, 0) is 11.2 Å². The third-order valence-electron chi connectivity index (χ3n) is 3.66. The number of rotatable bonds is 6. The van der Waals surface area contributed by atoms with Gasteiger partial charge >= 0.3 is 0 Å². The Morgan fingerprint density at radius 1 is 1.29 bits per heavy atom. The van der Waals surface area contributed by atoms with Crippen LogP contribution in [0.4, 0.5) is 5.69 Å². The second-order valence-electron chi connectivity index (χ2n) is 5.41. The van der Waals surface area contributed by atoms with Gasteiger partial charge in [0.1, 0.15) is 16.2 Å². The molecule has 0 fully saturated rings. The van der Waals surface area contributed by atoms with Gasteiger partial charge in [-0.1, -0.05) is 25.1 Å². The lowest BCUT2D eigenvalue weighted by molar-refractivity contribution is -0.115. The summed E-state index contributed by atoms with van der Waals surface area (Å²) >= 11 is 3.28. The van der Waals surface area contributed by atoms with Crippen LogP contribution >= 0.6 is 23.1 Å². The topological polar surface area (TPSA) is 54.9 Å². The number of aryl methyl sites for hydroxylation is 2. The van der Waals surface area contributed by atoms with Crippen LogP contribution in [0.1, 0.15) is 23.8 Å². The maximum absolute atomic E-state index is 12.2. The molecule has 2 heterocycles. The summed E-state index contributed by atoms with van der Waals surface area (Å²) in [6.45, 7) is 4.16. The van der Waals surface area contributed by atoms with E-state index in [1.165, 1.54) is 4.88 Å². The number of amides is 1. The number of thiophene rings is 1. The van der Waals surface area contributed by atoms with Gasteiger partial charge < -0.3 is 5.32 Å². The molecule has 0 aliphatic rings. The van der Waals surface area contributed by atoms with Crippen LogP contribution in [0.15, 0.2) is 41.7 Å². The Hall–Kier alpha value is -1.92. The van der Waals surface area contributed by atoms with Crippen molar-refractivity contribution in [2.75, 3.05) is 11.1 Å². The summed E-state index contributed by atoms with van der Waals surface area (Å²) in [4.78, 5) is 23.1. The zero-order valence-electron chi connectivity index (χ0n) is 13.7. The molecule has 0 aliphatic carbocycles. The molecule has 0 aliphatic heterocycles. The van der Waals surface area contributed by atoms with E-state index in [9.17, 15) is 4.79 Å². The fraction of sp³-hybridized carbons (Fsp3) is 0.278. The van der Waals surface area contributed by atoms with Crippen LogP contribution in [0, 0.1) is 6.92 Å². The molecule has 1 aromatic carbocycles. The second kappa shape index (κ2) is 7.77. The molecule has 124 valence electrons. The normalized spacial score (nSPS) is 10.9. The van der Waals surface area contributed by atoms with Crippen molar-refractivity contribution in [3.05, 3.63) is 47.1 Å². The zero-order valence-corrected chi connectivity index (χ0v) is 15.3. The van der Waals surface area contributed by atoms with E-state index in [0.717, 1.165) is 32.9 Å². The van der Waals surface area contributed by atoms with Gasteiger partial charge in [-0.15, -0.1) is 23.1 Å². The summed E-state index contributed by atoms with van der Waals surface area (Å²) < 4.78 is 0. The van der Waals surface area contributed by atoms with Gasteiger partial charge in [0, 0.05) is 28.1 Å². The van der Waals surface area contributed by atoms with Crippen LogP contribution in [0.5, 0.6) is 0 Å². The molecule has 0 saturated heterocycles. The molecule has 4 nitrogen and oxygen atoms in total. The molecular formula is C18H19N3OS2. The first-order valence-electron chi connectivity index (χ1n) is 7.89. The van der Waals surface area contributed by atoms with Crippen LogP contribution < -0.4 is 5.32 Å². The highest BCUT2D eigenvalue weighted by molar-refractivity contribution is 7.99. The van der Waals surface area contributed by atoms with Crippen molar-refractivity contribution >= 4 is 44.9 Å². The molecule has 24 heavy (non-hydrogen) atoms. The first kappa shape index (κ1) is 16.9. The molecule has 1 amide bonds. The number of nitrogens with one attached hydrogen (secondary N) is 1. The minimum Gasteiger partial charge on any atom is -0.326 e. The molecule has 0 bridgehead atoms. The average molecular weight is 358 g/mol. The van der Waals surface area contributed by atoms with Crippen molar-refractivity contribution < 1.29 is 4.79 Å². The van der Waals surface area contributed by atoms with Gasteiger partial charge in [-0.25, -0.2) is 9.97 Å². The molecule has 1 N–H and O–H groups in total. The van der Waals surface area contributed by atoms with Crippen molar-refractivity contribution in [2.24, 2.45) is 0 Å². The quantitative estimate of drug-likeness (QED) is 0.514. The monoisotopic (exact) mass is 357 g/mol. The van der Waals surface area contributed by atoms with E-state index >= 15 is 0 Å². The third-order valence-corrected chi connectivity index (χ3v) is 5.62. The van der Waals surface area contributed by atoms with E-state index in [4.69, 9.17) is 0 Å². The van der Waals surface area contributed by atoms with Gasteiger partial charge in [-0.05, 0) is 31.0 Å². The van der Waals surface area contributed by atoms with Gasteiger partial charge in [0.25, 0.3) is 0 Å². The largest absolute Gasteiger partial charge is 0.326 e. The zero-order chi connectivity index (χ0) is 16.9. The van der Waals surface area contributed by atoms with Crippen molar-refractivity contribution in [3.63, 3.8) is 0 Å². The molecule has 2 aromatic heterocycles. The predicted octanol–water partition coefficient (Wildman–Crippen LogP) is 4.68. The highest BCUT2D eigenvalue weighted by Gasteiger charge is 2.10. The molecular weight excluding hydrogens is 338 g/mol. The molecule has 0 spiro atoms. The van der Waals surface area contributed by atoms with Crippen molar-refractivity contribution in [1.82, 2.24) is 9.97 Å². The van der Waals surface area contributed by atoms with E-state index in [0.29, 0.717) is 12.2 Å². The Labute approximate surface area is 149 Å². The van der Waals surface area contributed by atoms with Crippen molar-refractivity contribution in [1.29, 1.82) is 0 Å². The summed E-state index contributed by atoms with van der Waals surface area (Å²) in [6.07, 6.45) is 2.96. The number of hydrogen-bond donors (Lipinski definition) is 1. The van der Waals surface area contributed by atoms with Crippen LogP contribution in [-0.4, -0.2) is 21.6 Å². The van der Waals surface area contributed by atoms with Gasteiger partial charge in [-0.3, -0.25) is 4.79 Å². The first-order valence-corrected chi connectivity index (χ1v) is 9.69. The van der Waals surface area contributed by atoms with Crippen LogP contribution in [0.3, 0.4) is 0 Å². The highest BCUT2D eigenvalue weighted by atomic mass is 32.2. The summed E-state index contributed by atoms with van der Waals surface area (Å²) in [6, 6.07) is 10.0. The third kappa shape index (κ3) is 3.94. The maximum atomic E-state index is 12.2. The minimum atomic E-state index is 0.0372. The lowest BCUT2D eigenvalue weighted by Gasteiger charge is -2.09. The van der Waals surface area contributed by atoms with E-state index < -0.39 is 0 Å². The number of fused-ring (bicyclic) bond motifs is 1. The fourth-order valence-corrected chi connectivity index (χ4v) is 4.30. The van der Waals surface area contributed by atoms with Gasteiger partial charge in [0.05, 0.1) is 0 Å². The summed E-state index contributed by atoms with van der Waals surface area (Å²) in [5, 5.41) is 5.04. The van der Waals surface area contributed by atoms with Crippen molar-refractivity contribution in [2.45, 2.75) is 31.7 Å². The molecule has 0 saturated carbocycles. The first-order chi connectivity index (χ1) is 11.7. The molecule has 0 unspecified atom stereocenters. The smallest absolute Gasteiger partial charge is 0.225 e. The van der Waals surface area contributed by atoms with Crippen LogP contribution in [0.25, 0.3) is 10.2 Å². The number of thioether (sulfide) groups is 1. The van der Waals surface area contributed by atoms with Gasteiger partial charge in [-0.2, -0.15) is 0 Å². The Morgan fingerprint density at radius 2 is 2.12 bits per heavy atom. The Balaban J connectivity index is 1.58. The summed E-state index contributed by atoms with van der Waals surface area (Å²) in [5.41, 5.74) is 2.07. The molecule has 3 aromatic rings. The number of aromatic nitrogens is 2. The average Bonchev–Trinajstić information content (AvgIpc) is 2.96. The Morgan fingerprint density at radius 3 is 2.96 bits per heavy atom. The molecule has 3 rings (SSSR count). The van der Waals surface area contributed by atoms with E-state index in [1.54, 1.807) is 29.4 Å². The van der Waals surface area contributed by atoms with E-state index in [-0.39, 0.29) is 5.91 Å². The van der Waals surface area contributed by atoms with Crippen molar-refractivity contribution in [3.8, 4) is 0 Å². The van der Waals surface area contributed by atoms with Gasteiger partial charge in [0.2, 0.25) is 5.91 Å². The fourth-order valence-electron chi connectivity index (χ4n) is 2.47. The molecule has 0 atom stereocenters. The minimum absolute atomic E-state index is 0.0372. The number of anilines is 1. The number of hydrogen-bond acceptors (Lipinski definition) is 5. The number of para-hydroxylation sites is 1. The van der Waals surface area contributed by atoms with Gasteiger partial charge in [0.15, 0.2) is 0 Å². The van der Waals surface area contributed by atoms with Crippen LogP contribution in [0.2, 0.25) is 0 Å². The lowest BCUT2D eigenvalue weighted by Crippen LogP contribution is -2.13.